The number of hydrogen-bond acceptors (Lipinski definition) is 9. The lowest BCUT2D eigenvalue weighted by Gasteiger charge is -2.19. The zero-order valence-corrected chi connectivity index (χ0v) is 22.4. The number of ketones is 1. The maximum Gasteiger partial charge on any atom is 0.357 e. The summed E-state index contributed by atoms with van der Waals surface area (Å²) in [5, 5.41) is 12.6. The average molecular weight is 547 g/mol. The van der Waals surface area contributed by atoms with Crippen molar-refractivity contribution in [2.24, 2.45) is 5.73 Å². The van der Waals surface area contributed by atoms with Gasteiger partial charge in [0.2, 0.25) is 15.8 Å². The van der Waals surface area contributed by atoms with E-state index in [1.807, 2.05) is 31.1 Å². The van der Waals surface area contributed by atoms with Crippen molar-refractivity contribution in [3.8, 4) is 0 Å². The molecule has 0 aliphatic rings. The Hall–Kier alpha value is -3.55. The molecule has 0 bridgehead atoms. The van der Waals surface area contributed by atoms with Gasteiger partial charge in [0.15, 0.2) is 16.7 Å². The molecule has 0 fully saturated rings. The first kappa shape index (κ1) is 28.0. The van der Waals surface area contributed by atoms with Gasteiger partial charge in [-0.15, -0.1) is 11.3 Å². The number of nitrogens with two attached hydrogens (primary N) is 1. The number of guanidine groups is 1. The molecule has 3 rings (SSSR count). The number of fused-ring (bicyclic) bond motifs is 1. The lowest BCUT2D eigenvalue weighted by molar-refractivity contribution is 0.0520. The summed E-state index contributed by atoms with van der Waals surface area (Å²) in [6, 6.07) is 9.22. The van der Waals surface area contributed by atoms with Crippen molar-refractivity contribution in [3.05, 3.63) is 52.5 Å². The Morgan fingerprint density at radius 1 is 1.19 bits per heavy atom. The highest BCUT2D eigenvalue weighted by molar-refractivity contribution is 7.89. The van der Waals surface area contributed by atoms with E-state index in [1.165, 1.54) is 11.4 Å². The highest BCUT2D eigenvalue weighted by atomic mass is 32.2. The van der Waals surface area contributed by atoms with Gasteiger partial charge < -0.3 is 20.7 Å². The number of anilines is 1. The molecule has 0 aliphatic carbocycles. The Kier molecular flexibility index (Phi) is 9.18. The normalized spacial score (nSPS) is 12.2. The minimum absolute atomic E-state index is 0.0110. The fraction of sp³-hybridized carbons (Fsp3) is 0.333. The molecule has 1 aromatic heterocycles. The first-order valence-electron chi connectivity index (χ1n) is 11.5. The van der Waals surface area contributed by atoms with E-state index in [4.69, 9.17) is 15.9 Å². The Morgan fingerprint density at radius 2 is 1.89 bits per heavy atom. The number of hydrogen-bond donors (Lipinski definition) is 4. The van der Waals surface area contributed by atoms with Crippen LogP contribution < -0.4 is 20.7 Å². The molecule has 0 aliphatic heterocycles. The molecule has 0 unspecified atom stereocenters. The van der Waals surface area contributed by atoms with Gasteiger partial charge in [0.1, 0.15) is 0 Å². The van der Waals surface area contributed by atoms with Crippen LogP contribution in [-0.4, -0.2) is 64.4 Å². The number of nitrogens with one attached hydrogen (secondary N) is 3. The van der Waals surface area contributed by atoms with E-state index in [0.717, 1.165) is 22.4 Å². The molecule has 11 nitrogen and oxygen atoms in total. The van der Waals surface area contributed by atoms with Crippen LogP contribution in [0.15, 0.2) is 46.7 Å². The van der Waals surface area contributed by atoms with Gasteiger partial charge in [-0.3, -0.25) is 10.2 Å². The third-order valence-electron chi connectivity index (χ3n) is 5.43. The van der Waals surface area contributed by atoms with Gasteiger partial charge in [0.05, 0.1) is 17.5 Å². The lowest BCUT2D eigenvalue weighted by Crippen LogP contribution is -2.41. The lowest BCUT2D eigenvalue weighted by atomic mass is 10.1. The van der Waals surface area contributed by atoms with E-state index in [1.54, 1.807) is 25.1 Å². The molecular weight excluding hydrogens is 516 g/mol. The number of aromatic nitrogens is 1. The summed E-state index contributed by atoms with van der Waals surface area (Å²) in [6.07, 6.45) is 0.454. The van der Waals surface area contributed by atoms with Gasteiger partial charge in [0.25, 0.3) is 0 Å². The number of nitrogens with zero attached hydrogens (tertiary/aromatic N) is 2. The standard InChI is InChI=1S/C24H30N6O5S2/c1-4-35-23(32)18-14-36-22(28-18)21(31)17(10-7-13-27-24(25)26)29-37(33,34)20-12-6-8-15-16(20)9-5-11-19(15)30(2)3/h5-6,8-9,11-12,14,17,29H,4,7,10,13H2,1-3H3,(H4,25,26,27)/t17-/m0/s1. The van der Waals surface area contributed by atoms with Crippen molar-refractivity contribution in [1.29, 1.82) is 5.41 Å². The van der Waals surface area contributed by atoms with Crippen LogP contribution in [0.1, 0.15) is 40.1 Å². The molecule has 37 heavy (non-hydrogen) atoms. The summed E-state index contributed by atoms with van der Waals surface area (Å²) in [5.74, 6) is -1.45. The van der Waals surface area contributed by atoms with E-state index in [0.29, 0.717) is 11.8 Å². The molecular formula is C24H30N6O5S2. The molecule has 2 aromatic carbocycles. The predicted molar refractivity (Wildman–Crippen MR) is 144 cm³/mol. The van der Waals surface area contributed by atoms with Gasteiger partial charge in [-0.05, 0) is 31.9 Å². The molecule has 1 heterocycles. The third-order valence-corrected chi connectivity index (χ3v) is 7.82. The van der Waals surface area contributed by atoms with Crippen LogP contribution in [0.3, 0.4) is 0 Å². The van der Waals surface area contributed by atoms with E-state index in [-0.39, 0.29) is 41.1 Å². The predicted octanol–water partition coefficient (Wildman–Crippen LogP) is 2.33. The van der Waals surface area contributed by atoms with Crippen LogP contribution in [0, 0.1) is 5.41 Å². The van der Waals surface area contributed by atoms with Gasteiger partial charge in [-0.2, -0.15) is 0 Å². The van der Waals surface area contributed by atoms with Crippen LogP contribution in [0.25, 0.3) is 10.8 Å². The molecule has 0 radical (unpaired) electrons. The highest BCUT2D eigenvalue weighted by Gasteiger charge is 2.30. The minimum atomic E-state index is -4.14. The van der Waals surface area contributed by atoms with Crippen LogP contribution in [0.4, 0.5) is 5.69 Å². The third kappa shape index (κ3) is 6.81. The molecule has 3 aromatic rings. The number of Topliss-reactive ketones (excluding diaryl/α,β-unsaturated/α-hetero) is 1. The summed E-state index contributed by atoms with van der Waals surface area (Å²) in [4.78, 5) is 31.4. The van der Waals surface area contributed by atoms with Crippen LogP contribution >= 0.6 is 11.3 Å². The molecule has 13 heteroatoms. The van der Waals surface area contributed by atoms with E-state index < -0.39 is 27.8 Å². The topological polar surface area (TPSA) is 168 Å². The molecule has 5 N–H and O–H groups in total. The fourth-order valence-corrected chi connectivity index (χ4v) is 5.98. The second-order valence-electron chi connectivity index (χ2n) is 8.30. The van der Waals surface area contributed by atoms with E-state index >= 15 is 0 Å². The van der Waals surface area contributed by atoms with Crippen molar-refractivity contribution in [2.45, 2.75) is 30.7 Å². The second kappa shape index (κ2) is 12.1. The zero-order valence-electron chi connectivity index (χ0n) is 20.8. The van der Waals surface area contributed by atoms with Gasteiger partial charge >= 0.3 is 5.97 Å². The van der Waals surface area contributed by atoms with Crippen LogP contribution in [-0.2, 0) is 14.8 Å². The fourth-order valence-electron chi connectivity index (χ4n) is 3.75. The second-order valence-corrected chi connectivity index (χ2v) is 10.8. The molecule has 1 atom stereocenters. The Bertz CT molecular complexity index is 1400. The van der Waals surface area contributed by atoms with Gasteiger partial charge in [-0.25, -0.2) is 22.9 Å². The minimum Gasteiger partial charge on any atom is -0.461 e. The SMILES string of the molecule is CCOC(=O)c1csc(C(=O)[C@H](CCCNC(=N)N)NS(=O)(=O)c2cccc3c(N(C)C)cccc23)n1. The molecule has 0 amide bonds. The molecule has 0 saturated carbocycles. The smallest absolute Gasteiger partial charge is 0.357 e. The molecule has 0 spiro atoms. The Morgan fingerprint density at radius 3 is 2.57 bits per heavy atom. The number of sulfonamides is 1. The summed E-state index contributed by atoms with van der Waals surface area (Å²) >= 11 is 0.942. The average Bonchev–Trinajstić information content (AvgIpc) is 3.35. The number of carbonyl (C=O) groups is 2. The van der Waals surface area contributed by atoms with Gasteiger partial charge in [0, 0.05) is 42.5 Å². The van der Waals surface area contributed by atoms with E-state index in [2.05, 4.69) is 15.0 Å². The number of esters is 1. The van der Waals surface area contributed by atoms with Crippen molar-refractivity contribution in [3.63, 3.8) is 0 Å². The number of rotatable bonds is 12. The highest BCUT2D eigenvalue weighted by Crippen LogP contribution is 2.30. The van der Waals surface area contributed by atoms with Crippen molar-refractivity contribution in [1.82, 2.24) is 15.0 Å². The summed E-state index contributed by atoms with van der Waals surface area (Å²) < 4.78 is 34.6. The molecule has 0 saturated heterocycles. The Balaban J connectivity index is 1.94. The molecule has 198 valence electrons. The van der Waals surface area contributed by atoms with E-state index in [9.17, 15) is 18.0 Å². The van der Waals surface area contributed by atoms with Crippen molar-refractivity contribution in [2.75, 3.05) is 32.1 Å². The largest absolute Gasteiger partial charge is 0.461 e. The number of ether oxygens (including phenoxy) is 1. The maximum atomic E-state index is 13.6. The zero-order chi connectivity index (χ0) is 27.2. The Labute approximate surface area is 219 Å². The summed E-state index contributed by atoms with van der Waals surface area (Å²) in [5.41, 5.74) is 6.16. The monoisotopic (exact) mass is 546 g/mol. The van der Waals surface area contributed by atoms with Crippen molar-refractivity contribution < 1.29 is 22.7 Å². The first-order valence-corrected chi connectivity index (χ1v) is 13.9. The number of carbonyl (C=O) groups excluding carboxylic acids is 2. The van der Waals surface area contributed by atoms with Crippen LogP contribution in [0.2, 0.25) is 0 Å². The van der Waals surface area contributed by atoms with Crippen molar-refractivity contribution >= 4 is 55.5 Å². The quantitative estimate of drug-likeness (QED) is 0.0876. The number of benzene rings is 2. The van der Waals surface area contributed by atoms with Crippen LogP contribution in [0.5, 0.6) is 0 Å². The first-order chi connectivity index (χ1) is 17.5. The number of thiazole rings is 1. The summed E-state index contributed by atoms with van der Waals surface area (Å²) in [7, 11) is -0.401. The maximum absolute atomic E-state index is 13.6. The summed E-state index contributed by atoms with van der Waals surface area (Å²) in [6.45, 7) is 2.09. The van der Waals surface area contributed by atoms with Gasteiger partial charge in [-0.1, -0.05) is 24.3 Å².